The van der Waals surface area contributed by atoms with Gasteiger partial charge in [0.25, 0.3) is 5.91 Å². The number of ether oxygens (including phenoxy) is 3. The number of hydrogen-bond donors (Lipinski definition) is 1. The lowest BCUT2D eigenvalue weighted by atomic mass is 10.1. The highest BCUT2D eigenvalue weighted by Crippen LogP contribution is 2.33. The molecule has 0 bridgehead atoms. The van der Waals surface area contributed by atoms with Crippen molar-refractivity contribution in [3.05, 3.63) is 89.6 Å². The normalized spacial score (nSPS) is 10.7. The first kappa shape index (κ1) is 23.9. The molecule has 7 nitrogen and oxygen atoms in total. The summed E-state index contributed by atoms with van der Waals surface area (Å²) in [6.45, 7) is 4.22. The summed E-state index contributed by atoms with van der Waals surface area (Å²) in [4.78, 5) is 25.1. The number of nitrogens with one attached hydrogen (secondary N) is 1. The van der Waals surface area contributed by atoms with Crippen LogP contribution in [-0.4, -0.2) is 36.8 Å². The molecular weight excluding hydrogens is 444 g/mol. The lowest BCUT2D eigenvalue weighted by Crippen LogP contribution is -2.28. The van der Waals surface area contributed by atoms with Gasteiger partial charge in [-0.15, -0.1) is 0 Å². The number of fused-ring (bicyclic) bond motifs is 1. The second-order valence-corrected chi connectivity index (χ2v) is 7.94. The van der Waals surface area contributed by atoms with Crippen LogP contribution in [0.5, 0.6) is 11.5 Å². The molecule has 1 amide bonds. The van der Waals surface area contributed by atoms with Gasteiger partial charge in [0.05, 0.1) is 24.8 Å². The highest BCUT2D eigenvalue weighted by Gasteiger charge is 2.22. The van der Waals surface area contributed by atoms with E-state index in [0.29, 0.717) is 23.2 Å². The van der Waals surface area contributed by atoms with Crippen LogP contribution in [0.1, 0.15) is 28.5 Å². The number of benzene rings is 3. The minimum atomic E-state index is -0.403. The van der Waals surface area contributed by atoms with Crippen LogP contribution in [0.4, 0.5) is 0 Å². The van der Waals surface area contributed by atoms with Crippen molar-refractivity contribution in [2.24, 2.45) is 0 Å². The van der Waals surface area contributed by atoms with Crippen molar-refractivity contribution in [2.45, 2.75) is 20.4 Å². The SMILES string of the molecule is CCOC(=O)c1c(C)n(-c2ccc(OC)cc2)c2ccc(OCC(=O)NCc3ccccc3)cc12. The van der Waals surface area contributed by atoms with Gasteiger partial charge in [0.1, 0.15) is 11.5 Å². The number of rotatable bonds is 9. The minimum absolute atomic E-state index is 0.134. The molecule has 0 aliphatic heterocycles. The molecule has 0 fully saturated rings. The predicted octanol–water partition coefficient (Wildman–Crippen LogP) is 4.82. The molecule has 0 saturated carbocycles. The van der Waals surface area contributed by atoms with E-state index in [4.69, 9.17) is 14.2 Å². The summed E-state index contributed by atoms with van der Waals surface area (Å²) in [5.74, 6) is 0.603. The van der Waals surface area contributed by atoms with Crippen molar-refractivity contribution in [3.63, 3.8) is 0 Å². The quantitative estimate of drug-likeness (QED) is 0.354. The molecule has 4 aromatic rings. The zero-order valence-corrected chi connectivity index (χ0v) is 20.0. The van der Waals surface area contributed by atoms with Gasteiger partial charge in [-0.1, -0.05) is 30.3 Å². The number of hydrogen-bond acceptors (Lipinski definition) is 5. The van der Waals surface area contributed by atoms with Gasteiger partial charge in [0.2, 0.25) is 0 Å². The molecule has 0 radical (unpaired) electrons. The first-order chi connectivity index (χ1) is 17.0. The summed E-state index contributed by atoms with van der Waals surface area (Å²) in [7, 11) is 1.62. The van der Waals surface area contributed by atoms with Crippen LogP contribution in [0.3, 0.4) is 0 Å². The number of carbonyl (C=O) groups is 2. The fourth-order valence-corrected chi connectivity index (χ4v) is 4.01. The molecule has 0 spiro atoms. The van der Waals surface area contributed by atoms with Crippen molar-refractivity contribution in [1.29, 1.82) is 0 Å². The van der Waals surface area contributed by atoms with Crippen LogP contribution in [-0.2, 0) is 16.1 Å². The molecule has 0 aliphatic rings. The van der Waals surface area contributed by atoms with Gasteiger partial charge < -0.3 is 24.1 Å². The maximum atomic E-state index is 12.9. The third-order valence-electron chi connectivity index (χ3n) is 5.69. The van der Waals surface area contributed by atoms with Gasteiger partial charge in [0, 0.05) is 23.3 Å². The highest BCUT2D eigenvalue weighted by molar-refractivity contribution is 6.07. The average molecular weight is 473 g/mol. The van der Waals surface area contributed by atoms with Gasteiger partial charge in [-0.25, -0.2) is 4.79 Å². The number of esters is 1. The number of methoxy groups -OCH3 is 1. The van der Waals surface area contributed by atoms with Gasteiger partial charge >= 0.3 is 5.97 Å². The fraction of sp³-hybridized carbons (Fsp3) is 0.214. The Morgan fingerprint density at radius 2 is 1.66 bits per heavy atom. The van der Waals surface area contributed by atoms with Crippen LogP contribution in [0, 0.1) is 6.92 Å². The molecule has 1 heterocycles. The minimum Gasteiger partial charge on any atom is -0.497 e. The Morgan fingerprint density at radius 1 is 0.943 bits per heavy atom. The van der Waals surface area contributed by atoms with Crippen molar-refractivity contribution in [2.75, 3.05) is 20.3 Å². The number of aromatic nitrogens is 1. The second kappa shape index (κ2) is 10.8. The standard InChI is InChI=1S/C28H28N2O5/c1-4-34-28(32)27-19(2)30(21-10-12-22(33-3)13-11-21)25-15-14-23(16-24(25)27)35-18-26(31)29-17-20-8-6-5-7-9-20/h5-16H,4,17-18H2,1-3H3,(H,29,31). The first-order valence-corrected chi connectivity index (χ1v) is 11.4. The zero-order chi connectivity index (χ0) is 24.8. The number of nitrogens with zero attached hydrogens (tertiary/aromatic N) is 1. The molecule has 0 unspecified atom stereocenters. The Kier molecular flexibility index (Phi) is 7.35. The highest BCUT2D eigenvalue weighted by atomic mass is 16.5. The summed E-state index contributed by atoms with van der Waals surface area (Å²) in [5, 5.41) is 3.54. The molecule has 0 aliphatic carbocycles. The monoisotopic (exact) mass is 472 g/mol. The molecule has 4 rings (SSSR count). The Bertz CT molecular complexity index is 1330. The van der Waals surface area contributed by atoms with Crippen molar-refractivity contribution in [3.8, 4) is 17.2 Å². The van der Waals surface area contributed by atoms with E-state index in [1.807, 2.05) is 72.2 Å². The molecule has 7 heteroatoms. The maximum Gasteiger partial charge on any atom is 0.340 e. The molecule has 3 aromatic carbocycles. The Hall–Kier alpha value is -4.26. The molecule has 180 valence electrons. The van der Waals surface area contributed by atoms with E-state index >= 15 is 0 Å². The van der Waals surface area contributed by atoms with Gasteiger partial charge in [-0.2, -0.15) is 0 Å². The maximum absolute atomic E-state index is 12.9. The average Bonchev–Trinajstić information content (AvgIpc) is 3.18. The van der Waals surface area contributed by atoms with E-state index in [9.17, 15) is 9.59 Å². The first-order valence-electron chi connectivity index (χ1n) is 11.4. The third kappa shape index (κ3) is 5.30. The summed E-state index contributed by atoms with van der Waals surface area (Å²) in [6, 6.07) is 22.7. The fourth-order valence-electron chi connectivity index (χ4n) is 4.01. The molecule has 1 aromatic heterocycles. The van der Waals surface area contributed by atoms with Crippen molar-refractivity contribution >= 4 is 22.8 Å². The topological polar surface area (TPSA) is 78.8 Å². The molecule has 35 heavy (non-hydrogen) atoms. The van der Waals surface area contributed by atoms with E-state index in [1.54, 1.807) is 26.2 Å². The molecule has 0 saturated heterocycles. The molecule has 0 atom stereocenters. The van der Waals surface area contributed by atoms with E-state index in [2.05, 4.69) is 5.32 Å². The van der Waals surface area contributed by atoms with Crippen LogP contribution >= 0.6 is 0 Å². The number of amides is 1. The van der Waals surface area contributed by atoms with Crippen molar-refractivity contribution in [1.82, 2.24) is 9.88 Å². The summed E-state index contributed by atoms with van der Waals surface area (Å²) < 4.78 is 18.4. The van der Waals surface area contributed by atoms with Gasteiger partial charge in [-0.05, 0) is 61.9 Å². The van der Waals surface area contributed by atoms with E-state index in [0.717, 1.165) is 28.2 Å². The van der Waals surface area contributed by atoms with Crippen LogP contribution in [0.2, 0.25) is 0 Å². The Labute approximate surface area is 204 Å². The van der Waals surface area contributed by atoms with Crippen LogP contribution < -0.4 is 14.8 Å². The van der Waals surface area contributed by atoms with Crippen molar-refractivity contribution < 1.29 is 23.8 Å². The lowest BCUT2D eigenvalue weighted by Gasteiger charge is -2.10. The number of carbonyl (C=O) groups excluding carboxylic acids is 2. The van der Waals surface area contributed by atoms with Crippen LogP contribution in [0.25, 0.3) is 16.6 Å². The van der Waals surface area contributed by atoms with Crippen LogP contribution in [0.15, 0.2) is 72.8 Å². The van der Waals surface area contributed by atoms with E-state index < -0.39 is 5.97 Å². The molecule has 1 N–H and O–H groups in total. The Balaban J connectivity index is 1.60. The van der Waals surface area contributed by atoms with E-state index in [1.165, 1.54) is 0 Å². The largest absolute Gasteiger partial charge is 0.497 e. The molecular formula is C28H28N2O5. The lowest BCUT2D eigenvalue weighted by molar-refractivity contribution is -0.123. The smallest absolute Gasteiger partial charge is 0.340 e. The summed E-state index contributed by atoms with van der Waals surface area (Å²) >= 11 is 0. The zero-order valence-electron chi connectivity index (χ0n) is 20.0. The predicted molar refractivity (Wildman–Crippen MR) is 134 cm³/mol. The summed E-state index contributed by atoms with van der Waals surface area (Å²) in [6.07, 6.45) is 0. The van der Waals surface area contributed by atoms with E-state index in [-0.39, 0.29) is 19.1 Å². The third-order valence-corrected chi connectivity index (χ3v) is 5.69. The summed E-state index contributed by atoms with van der Waals surface area (Å²) in [5.41, 5.74) is 3.95. The second-order valence-electron chi connectivity index (χ2n) is 7.94. The Morgan fingerprint density at radius 3 is 2.34 bits per heavy atom. The van der Waals surface area contributed by atoms with Gasteiger partial charge in [0.15, 0.2) is 6.61 Å². The van der Waals surface area contributed by atoms with Gasteiger partial charge in [-0.3, -0.25) is 4.79 Å².